The zero-order valence-corrected chi connectivity index (χ0v) is 15.8. The number of benzene rings is 2. The molecule has 0 aliphatic carbocycles. The van der Waals surface area contributed by atoms with E-state index in [2.05, 4.69) is 10.6 Å². The molecule has 0 aliphatic heterocycles. The van der Waals surface area contributed by atoms with E-state index in [1.165, 1.54) is 24.3 Å². The van der Waals surface area contributed by atoms with E-state index in [0.29, 0.717) is 16.2 Å². The van der Waals surface area contributed by atoms with Gasteiger partial charge in [-0.1, -0.05) is 12.1 Å². The molecule has 1 unspecified atom stereocenters. The van der Waals surface area contributed by atoms with Crippen LogP contribution in [0.25, 0.3) is 0 Å². The number of halogens is 1. The minimum absolute atomic E-state index is 0.0289. The lowest BCUT2D eigenvalue weighted by Gasteiger charge is -2.15. The summed E-state index contributed by atoms with van der Waals surface area (Å²) in [6.07, 6.45) is 0. The molecule has 0 fully saturated rings. The normalized spacial score (nSPS) is 11.6. The topological polar surface area (TPSA) is 106 Å². The molecule has 2 rings (SSSR count). The van der Waals surface area contributed by atoms with Gasteiger partial charge in [-0.2, -0.15) is 0 Å². The van der Waals surface area contributed by atoms with Crippen LogP contribution in [0.3, 0.4) is 0 Å². The summed E-state index contributed by atoms with van der Waals surface area (Å²) >= 11 is 0. The molecule has 0 aromatic heterocycles. The molecule has 0 bridgehead atoms. The maximum atomic E-state index is 13.2. The van der Waals surface area contributed by atoms with Crippen molar-refractivity contribution in [2.45, 2.75) is 13.8 Å². The summed E-state index contributed by atoms with van der Waals surface area (Å²) in [4.78, 5) is 35.6. The van der Waals surface area contributed by atoms with Gasteiger partial charge in [0.05, 0.1) is 12.0 Å². The van der Waals surface area contributed by atoms with Gasteiger partial charge in [-0.05, 0) is 43.2 Å². The monoisotopic (exact) mass is 389 g/mol. The van der Waals surface area contributed by atoms with Crippen molar-refractivity contribution in [1.82, 2.24) is 0 Å². The largest absolute Gasteiger partial charge is 0.322 e. The van der Waals surface area contributed by atoms with Gasteiger partial charge in [0.25, 0.3) is 17.5 Å². The SMILES string of the molecule is Cc1ccc([N+](=O)[O-])c(NC(=O)C[NH+](C)CC(=O)Nc2cccc(F)c2)c1C. The zero-order valence-electron chi connectivity index (χ0n) is 15.8. The molecule has 1 atom stereocenters. The number of carbonyl (C=O) groups is 2. The van der Waals surface area contributed by atoms with Crippen molar-refractivity contribution in [3.8, 4) is 0 Å². The predicted molar refractivity (Wildman–Crippen MR) is 103 cm³/mol. The van der Waals surface area contributed by atoms with Gasteiger partial charge in [-0.15, -0.1) is 0 Å². The highest BCUT2D eigenvalue weighted by Crippen LogP contribution is 2.29. The van der Waals surface area contributed by atoms with Crippen molar-refractivity contribution in [3.63, 3.8) is 0 Å². The fraction of sp³-hybridized carbons (Fsp3) is 0.263. The van der Waals surface area contributed by atoms with Gasteiger partial charge in [0.15, 0.2) is 13.1 Å². The van der Waals surface area contributed by atoms with Crippen LogP contribution in [-0.2, 0) is 9.59 Å². The van der Waals surface area contributed by atoms with Gasteiger partial charge in [-0.3, -0.25) is 19.7 Å². The highest BCUT2D eigenvalue weighted by atomic mass is 19.1. The molecule has 0 saturated carbocycles. The highest BCUT2D eigenvalue weighted by molar-refractivity contribution is 5.95. The molecule has 3 N–H and O–H groups in total. The molecule has 0 saturated heterocycles. The third-order valence-electron chi connectivity index (χ3n) is 4.21. The lowest BCUT2D eigenvalue weighted by atomic mass is 10.1. The third-order valence-corrected chi connectivity index (χ3v) is 4.21. The molecule has 0 aliphatic rings. The lowest BCUT2D eigenvalue weighted by molar-refractivity contribution is -0.862. The van der Waals surface area contributed by atoms with Gasteiger partial charge >= 0.3 is 0 Å². The van der Waals surface area contributed by atoms with E-state index in [0.717, 1.165) is 5.56 Å². The number of hydrogen-bond acceptors (Lipinski definition) is 4. The number of anilines is 2. The Morgan fingerprint density at radius 1 is 1.11 bits per heavy atom. The molecular weight excluding hydrogens is 367 g/mol. The second-order valence-corrected chi connectivity index (χ2v) is 6.58. The fourth-order valence-corrected chi connectivity index (χ4v) is 2.68. The molecule has 2 aromatic rings. The molecular formula is C19H22FN4O4+. The summed E-state index contributed by atoms with van der Waals surface area (Å²) in [5.41, 5.74) is 1.73. The van der Waals surface area contributed by atoms with Gasteiger partial charge < -0.3 is 15.5 Å². The maximum Gasteiger partial charge on any atom is 0.293 e. The number of aryl methyl sites for hydroxylation is 1. The van der Waals surface area contributed by atoms with Gasteiger partial charge in [0, 0.05) is 11.8 Å². The second kappa shape index (κ2) is 9.05. The molecule has 2 aromatic carbocycles. The Bertz CT molecular complexity index is 917. The van der Waals surface area contributed by atoms with E-state index in [-0.39, 0.29) is 30.4 Å². The first-order chi connectivity index (χ1) is 13.2. The van der Waals surface area contributed by atoms with Crippen molar-refractivity contribution < 1.29 is 23.8 Å². The van der Waals surface area contributed by atoms with Crippen LogP contribution >= 0.6 is 0 Å². The van der Waals surface area contributed by atoms with Crippen molar-refractivity contribution in [1.29, 1.82) is 0 Å². The van der Waals surface area contributed by atoms with Gasteiger partial charge in [-0.25, -0.2) is 4.39 Å². The van der Waals surface area contributed by atoms with Gasteiger partial charge in [0.2, 0.25) is 0 Å². The van der Waals surface area contributed by atoms with Crippen LogP contribution in [0.2, 0.25) is 0 Å². The quantitative estimate of drug-likeness (QED) is 0.492. The Balaban J connectivity index is 1.97. The minimum Gasteiger partial charge on any atom is -0.322 e. The first-order valence-corrected chi connectivity index (χ1v) is 8.58. The number of hydrogen-bond donors (Lipinski definition) is 3. The Morgan fingerprint density at radius 2 is 1.75 bits per heavy atom. The van der Waals surface area contributed by atoms with Crippen molar-refractivity contribution in [2.75, 3.05) is 30.8 Å². The zero-order chi connectivity index (χ0) is 20.8. The Kier molecular flexibility index (Phi) is 6.78. The summed E-state index contributed by atoms with van der Waals surface area (Å²) in [6, 6.07) is 8.47. The van der Waals surface area contributed by atoms with Crippen LogP contribution in [0.15, 0.2) is 36.4 Å². The van der Waals surface area contributed by atoms with Crippen molar-refractivity contribution in [3.05, 3.63) is 63.5 Å². The van der Waals surface area contributed by atoms with Crippen LogP contribution in [-0.4, -0.2) is 36.9 Å². The molecule has 0 radical (unpaired) electrons. The average Bonchev–Trinajstić information content (AvgIpc) is 2.58. The van der Waals surface area contributed by atoms with E-state index in [1.54, 1.807) is 33.0 Å². The number of nitro benzene ring substituents is 1. The highest BCUT2D eigenvalue weighted by Gasteiger charge is 2.21. The first kappa shape index (κ1) is 21.0. The van der Waals surface area contributed by atoms with E-state index in [1.807, 2.05) is 0 Å². The van der Waals surface area contributed by atoms with E-state index in [4.69, 9.17) is 0 Å². The summed E-state index contributed by atoms with van der Waals surface area (Å²) in [5, 5.41) is 16.3. The molecule has 0 heterocycles. The number of carbonyl (C=O) groups excluding carboxylic acids is 2. The number of nitrogens with zero attached hydrogens (tertiary/aromatic N) is 1. The number of nitrogens with one attached hydrogen (secondary N) is 3. The third kappa shape index (κ3) is 5.58. The minimum atomic E-state index is -0.551. The maximum absolute atomic E-state index is 13.2. The van der Waals surface area contributed by atoms with Crippen molar-refractivity contribution in [2.24, 2.45) is 0 Å². The summed E-state index contributed by atoms with van der Waals surface area (Å²) < 4.78 is 13.2. The molecule has 9 heteroatoms. The smallest absolute Gasteiger partial charge is 0.293 e. The number of rotatable bonds is 7. The molecule has 8 nitrogen and oxygen atoms in total. The fourth-order valence-electron chi connectivity index (χ4n) is 2.68. The average molecular weight is 389 g/mol. The Hall–Kier alpha value is -3.33. The number of nitro groups is 1. The standard InChI is InChI=1S/C19H21FN4O4/c1-12-7-8-16(24(27)28)19(13(12)2)22-18(26)11-23(3)10-17(25)21-15-6-4-5-14(20)9-15/h4-9H,10-11H2,1-3H3,(H,21,25)(H,22,26)/p+1. The predicted octanol–water partition coefficient (Wildman–Crippen LogP) is 1.44. The number of quaternary nitrogens is 1. The summed E-state index contributed by atoms with van der Waals surface area (Å²) in [5.74, 6) is -1.30. The van der Waals surface area contributed by atoms with Crippen LogP contribution in [0.5, 0.6) is 0 Å². The van der Waals surface area contributed by atoms with Crippen LogP contribution in [0.1, 0.15) is 11.1 Å². The van der Waals surface area contributed by atoms with Gasteiger partial charge in [0.1, 0.15) is 11.5 Å². The van der Waals surface area contributed by atoms with E-state index < -0.39 is 16.6 Å². The Morgan fingerprint density at radius 3 is 2.36 bits per heavy atom. The molecule has 0 spiro atoms. The van der Waals surface area contributed by atoms with E-state index in [9.17, 15) is 24.1 Å². The summed E-state index contributed by atoms with van der Waals surface area (Å²) in [6.45, 7) is 3.39. The van der Waals surface area contributed by atoms with Crippen molar-refractivity contribution >= 4 is 28.9 Å². The van der Waals surface area contributed by atoms with E-state index >= 15 is 0 Å². The molecule has 148 valence electrons. The molecule has 28 heavy (non-hydrogen) atoms. The number of likely N-dealkylation sites (N-methyl/N-ethyl adjacent to an activating group) is 1. The first-order valence-electron chi connectivity index (χ1n) is 8.58. The van der Waals surface area contributed by atoms with Crippen LogP contribution in [0, 0.1) is 29.8 Å². The molecule has 2 amide bonds. The second-order valence-electron chi connectivity index (χ2n) is 6.58. The van der Waals surface area contributed by atoms with Crippen LogP contribution < -0.4 is 15.5 Å². The summed E-state index contributed by atoms with van der Waals surface area (Å²) in [7, 11) is 1.64. The lowest BCUT2D eigenvalue weighted by Crippen LogP contribution is -3.11. The van der Waals surface area contributed by atoms with Crippen LogP contribution in [0.4, 0.5) is 21.5 Å². The Labute approximate surface area is 161 Å². The number of amides is 2.